The predicted molar refractivity (Wildman–Crippen MR) is 80.4 cm³/mol. The van der Waals surface area contributed by atoms with Crippen LogP contribution in [0.3, 0.4) is 0 Å². The molecule has 3 N–H and O–H groups in total. The van der Waals surface area contributed by atoms with Crippen LogP contribution in [-0.2, 0) is 10.0 Å². The van der Waals surface area contributed by atoms with Gasteiger partial charge in [0.15, 0.2) is 0 Å². The van der Waals surface area contributed by atoms with Crippen LogP contribution in [0.4, 0.5) is 5.69 Å². The molecule has 2 rings (SSSR count). The average Bonchev–Trinajstić information content (AvgIpc) is 2.47. The van der Waals surface area contributed by atoms with Crippen LogP contribution < -0.4 is 15.2 Å². The second-order valence-electron chi connectivity index (χ2n) is 4.53. The summed E-state index contributed by atoms with van der Waals surface area (Å²) in [5.74, 6) is 0.439. The maximum Gasteiger partial charge on any atom is 0.241 e. The average molecular weight is 307 g/mol. The Morgan fingerprint density at radius 3 is 2.67 bits per heavy atom. The molecule has 0 aliphatic rings. The number of rotatable bonds is 5. The lowest BCUT2D eigenvalue weighted by Crippen LogP contribution is -2.27. The Hall–Kier alpha value is -2.12. The lowest BCUT2D eigenvalue weighted by Gasteiger charge is -2.15. The van der Waals surface area contributed by atoms with E-state index < -0.39 is 16.1 Å². The zero-order valence-corrected chi connectivity index (χ0v) is 12.6. The molecule has 1 aromatic carbocycles. The summed E-state index contributed by atoms with van der Waals surface area (Å²) >= 11 is 0. The summed E-state index contributed by atoms with van der Waals surface area (Å²) in [5, 5.41) is 0. The van der Waals surface area contributed by atoms with E-state index in [0.717, 1.165) is 5.56 Å². The summed E-state index contributed by atoms with van der Waals surface area (Å²) < 4.78 is 32.3. The zero-order valence-electron chi connectivity index (χ0n) is 11.8. The van der Waals surface area contributed by atoms with Gasteiger partial charge in [-0.3, -0.25) is 4.98 Å². The SMILES string of the molecule is COc1ccc(S(=O)(=O)NC(C)c2cccnc2)cc1N. The number of ether oxygens (including phenoxy) is 1. The molecule has 21 heavy (non-hydrogen) atoms. The topological polar surface area (TPSA) is 94.3 Å². The monoisotopic (exact) mass is 307 g/mol. The van der Waals surface area contributed by atoms with Gasteiger partial charge in [0.05, 0.1) is 17.7 Å². The van der Waals surface area contributed by atoms with Crippen molar-refractivity contribution in [3.63, 3.8) is 0 Å². The van der Waals surface area contributed by atoms with Gasteiger partial charge >= 0.3 is 0 Å². The number of hydrogen-bond acceptors (Lipinski definition) is 5. The molecule has 1 atom stereocenters. The van der Waals surface area contributed by atoms with Crippen LogP contribution in [0.25, 0.3) is 0 Å². The third-order valence-electron chi connectivity index (χ3n) is 3.03. The molecule has 0 aliphatic carbocycles. The normalized spacial score (nSPS) is 12.9. The van der Waals surface area contributed by atoms with E-state index in [0.29, 0.717) is 5.75 Å². The van der Waals surface area contributed by atoms with Crippen LogP contribution in [0.1, 0.15) is 18.5 Å². The fraction of sp³-hybridized carbons (Fsp3) is 0.214. The van der Waals surface area contributed by atoms with E-state index >= 15 is 0 Å². The minimum atomic E-state index is -3.67. The Bertz CT molecular complexity index is 717. The van der Waals surface area contributed by atoms with Crippen molar-refractivity contribution in [1.82, 2.24) is 9.71 Å². The van der Waals surface area contributed by atoms with Crippen molar-refractivity contribution in [2.24, 2.45) is 0 Å². The van der Waals surface area contributed by atoms with Crippen LogP contribution in [0, 0.1) is 0 Å². The van der Waals surface area contributed by atoms with E-state index in [2.05, 4.69) is 9.71 Å². The molecular weight excluding hydrogens is 290 g/mol. The van der Waals surface area contributed by atoms with Crippen LogP contribution in [-0.4, -0.2) is 20.5 Å². The number of aromatic nitrogens is 1. The highest BCUT2D eigenvalue weighted by molar-refractivity contribution is 7.89. The number of methoxy groups -OCH3 is 1. The number of anilines is 1. The fourth-order valence-electron chi connectivity index (χ4n) is 1.88. The molecule has 2 aromatic rings. The third kappa shape index (κ3) is 3.50. The van der Waals surface area contributed by atoms with Crippen molar-refractivity contribution in [3.8, 4) is 5.75 Å². The van der Waals surface area contributed by atoms with Gasteiger partial charge in [0.25, 0.3) is 0 Å². The van der Waals surface area contributed by atoms with Crippen molar-refractivity contribution < 1.29 is 13.2 Å². The van der Waals surface area contributed by atoms with Crippen molar-refractivity contribution in [3.05, 3.63) is 48.3 Å². The summed E-state index contributed by atoms with van der Waals surface area (Å²) in [6, 6.07) is 7.52. The quantitative estimate of drug-likeness (QED) is 0.820. The zero-order chi connectivity index (χ0) is 15.5. The fourth-order valence-corrected chi connectivity index (χ4v) is 3.15. The molecule has 0 amide bonds. The molecule has 0 spiro atoms. The lowest BCUT2D eigenvalue weighted by molar-refractivity contribution is 0.416. The van der Waals surface area contributed by atoms with Crippen molar-refractivity contribution in [2.75, 3.05) is 12.8 Å². The van der Waals surface area contributed by atoms with Gasteiger partial charge in [-0.1, -0.05) is 6.07 Å². The maximum absolute atomic E-state index is 12.3. The van der Waals surface area contributed by atoms with Crippen molar-refractivity contribution in [1.29, 1.82) is 0 Å². The molecule has 6 nitrogen and oxygen atoms in total. The number of nitrogen functional groups attached to an aromatic ring is 1. The first-order chi connectivity index (χ1) is 9.94. The number of nitrogens with two attached hydrogens (primary N) is 1. The van der Waals surface area contributed by atoms with Gasteiger partial charge < -0.3 is 10.5 Å². The minimum absolute atomic E-state index is 0.0940. The smallest absolute Gasteiger partial charge is 0.241 e. The molecule has 1 aromatic heterocycles. The lowest BCUT2D eigenvalue weighted by atomic mass is 10.2. The summed E-state index contributed by atoms with van der Waals surface area (Å²) in [4.78, 5) is 4.07. The van der Waals surface area contributed by atoms with Gasteiger partial charge in [0, 0.05) is 18.4 Å². The van der Waals surface area contributed by atoms with E-state index in [9.17, 15) is 8.42 Å². The first kappa shape index (κ1) is 15.3. The van der Waals surface area contributed by atoms with Crippen LogP contribution >= 0.6 is 0 Å². The van der Waals surface area contributed by atoms with E-state index in [1.54, 1.807) is 25.4 Å². The second-order valence-corrected chi connectivity index (χ2v) is 6.25. The molecule has 1 unspecified atom stereocenters. The highest BCUT2D eigenvalue weighted by Crippen LogP contribution is 2.25. The van der Waals surface area contributed by atoms with Gasteiger partial charge in [-0.15, -0.1) is 0 Å². The first-order valence-electron chi connectivity index (χ1n) is 6.30. The molecule has 1 heterocycles. The first-order valence-corrected chi connectivity index (χ1v) is 7.78. The van der Waals surface area contributed by atoms with Crippen LogP contribution in [0.5, 0.6) is 5.75 Å². The van der Waals surface area contributed by atoms with Gasteiger partial charge in [-0.25, -0.2) is 13.1 Å². The van der Waals surface area contributed by atoms with Crippen molar-refractivity contribution >= 4 is 15.7 Å². The van der Waals surface area contributed by atoms with Crippen LogP contribution in [0.15, 0.2) is 47.6 Å². The summed E-state index contributed by atoms with van der Waals surface area (Å²) in [6.07, 6.45) is 3.25. The molecule has 0 saturated carbocycles. The molecule has 7 heteroatoms. The number of sulfonamides is 1. The van der Waals surface area contributed by atoms with Gasteiger partial charge in [0.1, 0.15) is 5.75 Å². The van der Waals surface area contributed by atoms with E-state index in [1.807, 2.05) is 6.07 Å². The number of pyridine rings is 1. The highest BCUT2D eigenvalue weighted by atomic mass is 32.2. The molecule has 0 radical (unpaired) electrons. The third-order valence-corrected chi connectivity index (χ3v) is 4.57. The maximum atomic E-state index is 12.3. The Morgan fingerprint density at radius 1 is 1.33 bits per heavy atom. The van der Waals surface area contributed by atoms with E-state index in [1.165, 1.54) is 25.3 Å². The Kier molecular flexibility index (Phi) is 4.44. The molecule has 112 valence electrons. The second kappa shape index (κ2) is 6.11. The number of nitrogens with one attached hydrogen (secondary N) is 1. The van der Waals surface area contributed by atoms with Gasteiger partial charge in [-0.2, -0.15) is 0 Å². The van der Waals surface area contributed by atoms with Crippen molar-refractivity contribution in [2.45, 2.75) is 17.9 Å². The molecular formula is C14H17N3O3S. The molecule has 0 fully saturated rings. The standard InChI is InChI=1S/C14H17N3O3S/c1-10(11-4-3-7-16-9-11)17-21(18,19)12-5-6-14(20-2)13(15)8-12/h3-10,17H,15H2,1-2H3. The molecule has 0 bridgehead atoms. The highest BCUT2D eigenvalue weighted by Gasteiger charge is 2.19. The van der Waals surface area contributed by atoms with E-state index in [-0.39, 0.29) is 10.6 Å². The molecule has 0 saturated heterocycles. The Labute approximate surface area is 124 Å². The molecule has 0 aliphatic heterocycles. The minimum Gasteiger partial charge on any atom is -0.495 e. The Morgan fingerprint density at radius 2 is 2.10 bits per heavy atom. The predicted octanol–water partition coefficient (Wildman–Crippen LogP) is 1.71. The number of benzene rings is 1. The van der Waals surface area contributed by atoms with Crippen LogP contribution in [0.2, 0.25) is 0 Å². The number of nitrogens with zero attached hydrogens (tertiary/aromatic N) is 1. The number of hydrogen-bond donors (Lipinski definition) is 2. The largest absolute Gasteiger partial charge is 0.495 e. The summed E-state index contributed by atoms with van der Waals surface area (Å²) in [7, 11) is -2.19. The van der Waals surface area contributed by atoms with Gasteiger partial charge in [0.2, 0.25) is 10.0 Å². The summed E-state index contributed by atoms with van der Waals surface area (Å²) in [5.41, 5.74) is 6.80. The van der Waals surface area contributed by atoms with Gasteiger partial charge in [-0.05, 0) is 36.8 Å². The Balaban J connectivity index is 2.24. The van der Waals surface area contributed by atoms with E-state index in [4.69, 9.17) is 10.5 Å². The summed E-state index contributed by atoms with van der Waals surface area (Å²) in [6.45, 7) is 1.75.